The number of fused-ring (bicyclic) bond motifs is 3. The molecular formula is C27H34Cl2N4O. The summed E-state index contributed by atoms with van der Waals surface area (Å²) in [7, 11) is 0. The quantitative estimate of drug-likeness (QED) is 0.469. The van der Waals surface area contributed by atoms with Crippen molar-refractivity contribution in [3.63, 3.8) is 0 Å². The van der Waals surface area contributed by atoms with Crippen molar-refractivity contribution in [2.45, 2.75) is 52.1 Å². The molecule has 7 heteroatoms. The molecule has 1 aliphatic carbocycles. The van der Waals surface area contributed by atoms with E-state index in [1.165, 1.54) is 34.3 Å². The number of anilines is 1. The molecule has 1 fully saturated rings. The van der Waals surface area contributed by atoms with Gasteiger partial charge in [0, 0.05) is 59.0 Å². The maximum Gasteiger partial charge on any atom is 0.248 e. The summed E-state index contributed by atoms with van der Waals surface area (Å²) in [5.41, 5.74) is 12.7. The van der Waals surface area contributed by atoms with Crippen LogP contribution in [0.15, 0.2) is 36.4 Å². The van der Waals surface area contributed by atoms with Crippen molar-refractivity contribution in [1.82, 2.24) is 9.47 Å². The minimum Gasteiger partial charge on any atom is -0.369 e. The highest BCUT2D eigenvalue weighted by Crippen LogP contribution is 2.38. The lowest BCUT2D eigenvalue weighted by atomic mass is 10.1. The monoisotopic (exact) mass is 500 g/mol. The van der Waals surface area contributed by atoms with Crippen molar-refractivity contribution in [3.05, 3.63) is 63.8 Å². The summed E-state index contributed by atoms with van der Waals surface area (Å²) < 4.78 is 2.59. The molecule has 1 aliphatic heterocycles. The van der Waals surface area contributed by atoms with Gasteiger partial charge in [-0.3, -0.25) is 9.69 Å². The van der Waals surface area contributed by atoms with Gasteiger partial charge in [0.2, 0.25) is 5.91 Å². The van der Waals surface area contributed by atoms with Crippen LogP contribution < -0.4 is 10.6 Å². The fraction of sp³-hybridized carbons (Fsp3) is 0.444. The van der Waals surface area contributed by atoms with Crippen molar-refractivity contribution in [2.75, 3.05) is 31.1 Å². The second-order valence-electron chi connectivity index (χ2n) is 9.42. The zero-order valence-electron chi connectivity index (χ0n) is 20.0. The molecule has 1 aromatic heterocycles. The molecule has 1 amide bonds. The fourth-order valence-electron chi connectivity index (χ4n) is 5.84. The van der Waals surface area contributed by atoms with Crippen molar-refractivity contribution in [2.24, 2.45) is 5.73 Å². The standard InChI is InChI=1S/C27H33ClN4O.ClH/c1-3-6-26(31-15-13-30(14-16-31)23-9-5-8-22(28)18(23)2)32-24-10-4-7-20(24)21-17-19(27(29)33)11-12-25(21)32;/h5,8-9,11-12,17,26H,3-4,6-7,10,13-16H2,1-2H3,(H2,29,33);1H. The van der Waals surface area contributed by atoms with Crippen LogP contribution in [0.25, 0.3) is 10.9 Å². The molecule has 0 bridgehead atoms. The van der Waals surface area contributed by atoms with Gasteiger partial charge in [-0.1, -0.05) is 31.0 Å². The number of hydrogen-bond donors (Lipinski definition) is 1. The molecule has 2 aromatic carbocycles. The molecule has 34 heavy (non-hydrogen) atoms. The van der Waals surface area contributed by atoms with Crippen LogP contribution in [0, 0.1) is 6.92 Å². The number of nitrogens with zero attached hydrogens (tertiary/aromatic N) is 3. The fourth-order valence-corrected chi connectivity index (χ4v) is 6.01. The van der Waals surface area contributed by atoms with E-state index < -0.39 is 0 Å². The Balaban J connectivity index is 0.00000274. The number of carbonyl (C=O) groups excluding carboxylic acids is 1. The molecule has 3 aromatic rings. The number of aromatic nitrogens is 1. The van der Waals surface area contributed by atoms with E-state index in [-0.39, 0.29) is 18.3 Å². The predicted octanol–water partition coefficient (Wildman–Crippen LogP) is 5.73. The number of carbonyl (C=O) groups is 1. The Kier molecular flexibility index (Phi) is 7.46. The molecular weight excluding hydrogens is 467 g/mol. The van der Waals surface area contributed by atoms with E-state index in [4.69, 9.17) is 17.3 Å². The van der Waals surface area contributed by atoms with Gasteiger partial charge in [0.05, 0.1) is 6.17 Å². The minimum absolute atomic E-state index is 0. The smallest absolute Gasteiger partial charge is 0.248 e. The van der Waals surface area contributed by atoms with E-state index in [0.717, 1.165) is 62.4 Å². The van der Waals surface area contributed by atoms with Crippen LogP contribution in [0.2, 0.25) is 5.02 Å². The average Bonchev–Trinajstić information content (AvgIpc) is 3.40. The zero-order chi connectivity index (χ0) is 23.1. The number of rotatable bonds is 6. The molecule has 182 valence electrons. The molecule has 1 saturated heterocycles. The van der Waals surface area contributed by atoms with Gasteiger partial charge in [-0.15, -0.1) is 12.4 Å². The Morgan fingerprint density at radius 3 is 2.59 bits per heavy atom. The third kappa shape index (κ3) is 4.30. The van der Waals surface area contributed by atoms with Gasteiger partial charge in [0.25, 0.3) is 0 Å². The van der Waals surface area contributed by atoms with Crippen LogP contribution in [0.3, 0.4) is 0 Å². The van der Waals surface area contributed by atoms with Gasteiger partial charge in [-0.25, -0.2) is 0 Å². The topological polar surface area (TPSA) is 54.5 Å². The Morgan fingerprint density at radius 2 is 1.88 bits per heavy atom. The average molecular weight is 502 g/mol. The highest BCUT2D eigenvalue weighted by molar-refractivity contribution is 6.31. The molecule has 0 spiro atoms. The summed E-state index contributed by atoms with van der Waals surface area (Å²) in [4.78, 5) is 16.9. The largest absolute Gasteiger partial charge is 0.369 e. The maximum atomic E-state index is 11.8. The molecule has 2 heterocycles. The molecule has 2 aliphatic rings. The van der Waals surface area contributed by atoms with Gasteiger partial charge in [0.1, 0.15) is 0 Å². The van der Waals surface area contributed by atoms with E-state index in [1.54, 1.807) is 0 Å². The number of piperazine rings is 1. The summed E-state index contributed by atoms with van der Waals surface area (Å²) in [6.07, 6.45) is 5.96. The normalized spacial score (nSPS) is 17.0. The molecule has 1 unspecified atom stereocenters. The maximum absolute atomic E-state index is 11.8. The molecule has 0 saturated carbocycles. The Bertz CT molecular complexity index is 1200. The number of amides is 1. The molecule has 1 atom stereocenters. The van der Waals surface area contributed by atoms with Crippen LogP contribution in [0.1, 0.15) is 59.5 Å². The Morgan fingerprint density at radius 1 is 1.12 bits per heavy atom. The minimum atomic E-state index is -0.353. The highest BCUT2D eigenvalue weighted by Gasteiger charge is 2.31. The number of aryl methyl sites for hydroxylation is 1. The number of primary amides is 1. The lowest BCUT2D eigenvalue weighted by Crippen LogP contribution is -2.49. The van der Waals surface area contributed by atoms with Gasteiger partial charge >= 0.3 is 0 Å². The zero-order valence-corrected chi connectivity index (χ0v) is 21.6. The summed E-state index contributed by atoms with van der Waals surface area (Å²) in [5.74, 6) is -0.353. The van der Waals surface area contributed by atoms with E-state index in [2.05, 4.69) is 40.3 Å². The Hall–Kier alpha value is -2.21. The van der Waals surface area contributed by atoms with Gasteiger partial charge in [-0.05, 0) is 74.1 Å². The van der Waals surface area contributed by atoms with Crippen LogP contribution >= 0.6 is 24.0 Å². The number of halogens is 2. The summed E-state index contributed by atoms with van der Waals surface area (Å²) in [5, 5.41) is 2.05. The van der Waals surface area contributed by atoms with Crippen molar-refractivity contribution in [1.29, 1.82) is 0 Å². The van der Waals surface area contributed by atoms with E-state index in [0.29, 0.717) is 11.7 Å². The van der Waals surface area contributed by atoms with Gasteiger partial charge in [-0.2, -0.15) is 0 Å². The first-order chi connectivity index (χ1) is 16.0. The van der Waals surface area contributed by atoms with Gasteiger partial charge < -0.3 is 15.2 Å². The van der Waals surface area contributed by atoms with Crippen molar-refractivity contribution >= 4 is 46.5 Å². The third-order valence-electron chi connectivity index (χ3n) is 7.51. The van der Waals surface area contributed by atoms with Crippen LogP contribution in [-0.4, -0.2) is 41.6 Å². The lowest BCUT2D eigenvalue weighted by Gasteiger charge is -2.42. The van der Waals surface area contributed by atoms with Gasteiger partial charge in [0.15, 0.2) is 0 Å². The van der Waals surface area contributed by atoms with E-state index in [9.17, 15) is 4.79 Å². The van der Waals surface area contributed by atoms with Crippen LogP contribution in [-0.2, 0) is 12.8 Å². The summed E-state index contributed by atoms with van der Waals surface area (Å²) >= 11 is 6.39. The number of nitrogens with two attached hydrogens (primary N) is 1. The van der Waals surface area contributed by atoms with E-state index in [1.807, 2.05) is 24.3 Å². The molecule has 0 radical (unpaired) electrons. The number of hydrogen-bond acceptors (Lipinski definition) is 3. The SMILES string of the molecule is CCCC(N1CCN(c2cccc(Cl)c2C)CC1)n1c2c(c3cc(C(N)=O)ccc31)CCC2.Cl. The second kappa shape index (κ2) is 10.2. The summed E-state index contributed by atoms with van der Waals surface area (Å²) in [6, 6.07) is 12.2. The molecule has 5 nitrogen and oxygen atoms in total. The molecule has 2 N–H and O–H groups in total. The predicted molar refractivity (Wildman–Crippen MR) is 144 cm³/mol. The van der Waals surface area contributed by atoms with Crippen molar-refractivity contribution in [3.8, 4) is 0 Å². The Labute approximate surface area is 213 Å². The first-order valence-electron chi connectivity index (χ1n) is 12.2. The number of benzene rings is 2. The van der Waals surface area contributed by atoms with Crippen molar-refractivity contribution < 1.29 is 4.79 Å². The second-order valence-corrected chi connectivity index (χ2v) is 9.83. The first kappa shape index (κ1) is 24.9. The van der Waals surface area contributed by atoms with E-state index >= 15 is 0 Å². The van der Waals surface area contributed by atoms with Crippen LogP contribution in [0.5, 0.6) is 0 Å². The van der Waals surface area contributed by atoms with Crippen LogP contribution in [0.4, 0.5) is 5.69 Å². The summed E-state index contributed by atoms with van der Waals surface area (Å²) in [6.45, 7) is 8.41. The first-order valence-corrected chi connectivity index (χ1v) is 12.6. The highest BCUT2D eigenvalue weighted by atomic mass is 35.5. The molecule has 5 rings (SSSR count). The third-order valence-corrected chi connectivity index (χ3v) is 7.92. The lowest BCUT2D eigenvalue weighted by molar-refractivity contribution is 0.100.